The van der Waals surface area contributed by atoms with Crippen molar-refractivity contribution in [2.24, 2.45) is 46.3 Å². The monoisotopic (exact) mass is 592 g/mol. The first-order valence-electron chi connectivity index (χ1n) is 17.1. The van der Waals surface area contributed by atoms with E-state index < -0.39 is 5.97 Å². The van der Waals surface area contributed by atoms with Gasteiger partial charge >= 0.3 is 11.9 Å². The van der Waals surface area contributed by atoms with Crippen LogP contribution in [0.25, 0.3) is 0 Å². The summed E-state index contributed by atoms with van der Waals surface area (Å²) in [5.41, 5.74) is 2.27. The van der Waals surface area contributed by atoms with Gasteiger partial charge in [0, 0.05) is 12.3 Å². The number of rotatable bonds is 12. The van der Waals surface area contributed by atoms with Crippen LogP contribution >= 0.6 is 11.6 Å². The fourth-order valence-electron chi connectivity index (χ4n) is 9.55. The number of unbranched alkanes of at least 4 members (excludes halogenated alkanes) is 2. The maximum absolute atomic E-state index is 12.1. The number of halogens is 1. The van der Waals surface area contributed by atoms with E-state index in [1.807, 2.05) is 0 Å². The van der Waals surface area contributed by atoms with E-state index in [0.29, 0.717) is 5.41 Å². The van der Waals surface area contributed by atoms with Gasteiger partial charge in [0.25, 0.3) is 0 Å². The molecule has 3 fully saturated rings. The highest BCUT2D eigenvalue weighted by Crippen LogP contribution is 2.67. The summed E-state index contributed by atoms with van der Waals surface area (Å²) in [6, 6.07) is 0. The van der Waals surface area contributed by atoms with Gasteiger partial charge in [0.1, 0.15) is 6.10 Å². The number of hydrogen-bond acceptors (Lipinski definition) is 3. The van der Waals surface area contributed by atoms with Crippen LogP contribution in [0.5, 0.6) is 0 Å². The van der Waals surface area contributed by atoms with Crippen molar-refractivity contribution in [1.82, 2.24) is 0 Å². The zero-order chi connectivity index (χ0) is 30.2. The van der Waals surface area contributed by atoms with Gasteiger partial charge in [-0.2, -0.15) is 0 Å². The largest absolute Gasteiger partial charge is 0.481 e. The van der Waals surface area contributed by atoms with Crippen LogP contribution in [0, 0.1) is 46.3 Å². The van der Waals surface area contributed by atoms with Crippen LogP contribution in [0.4, 0.5) is 0 Å². The number of esters is 1. The highest BCUT2D eigenvalue weighted by atomic mass is 35.5. The summed E-state index contributed by atoms with van der Waals surface area (Å²) in [5.74, 6) is 4.51. The van der Waals surface area contributed by atoms with Crippen molar-refractivity contribution in [1.29, 1.82) is 0 Å². The van der Waals surface area contributed by atoms with E-state index in [1.54, 1.807) is 0 Å². The lowest BCUT2D eigenvalue weighted by molar-refractivity contribution is -0.154. The van der Waals surface area contributed by atoms with Crippen LogP contribution in [0.1, 0.15) is 144 Å². The van der Waals surface area contributed by atoms with Gasteiger partial charge in [0.15, 0.2) is 0 Å². The van der Waals surface area contributed by atoms with Gasteiger partial charge in [-0.3, -0.25) is 9.59 Å². The summed E-state index contributed by atoms with van der Waals surface area (Å²) in [6.45, 7) is 14.6. The third-order valence-corrected chi connectivity index (χ3v) is 12.1. The van der Waals surface area contributed by atoms with Crippen molar-refractivity contribution in [2.75, 3.05) is 5.88 Å². The van der Waals surface area contributed by atoms with Crippen molar-refractivity contribution in [3.05, 3.63) is 11.6 Å². The zero-order valence-corrected chi connectivity index (χ0v) is 27.9. The third kappa shape index (κ3) is 8.54. The summed E-state index contributed by atoms with van der Waals surface area (Å²) < 4.78 is 5.70. The molecular formula is C36H61ClO4. The molecule has 1 unspecified atom stereocenters. The Balaban J connectivity index is 0.000000696. The molecule has 0 bridgehead atoms. The second kappa shape index (κ2) is 15.6. The number of carbonyl (C=O) groups excluding carboxylic acids is 1. The fourth-order valence-corrected chi connectivity index (χ4v) is 9.74. The van der Waals surface area contributed by atoms with E-state index in [9.17, 15) is 9.59 Å². The van der Waals surface area contributed by atoms with Crippen LogP contribution < -0.4 is 0 Å². The Hall–Kier alpha value is -1.03. The Labute approximate surface area is 256 Å². The van der Waals surface area contributed by atoms with E-state index in [-0.39, 0.29) is 30.3 Å². The number of aliphatic carboxylic acids is 1. The third-order valence-electron chi connectivity index (χ3n) is 11.8. The van der Waals surface area contributed by atoms with E-state index in [0.717, 1.165) is 60.6 Å². The molecule has 0 aliphatic heterocycles. The first-order chi connectivity index (χ1) is 19.5. The van der Waals surface area contributed by atoms with Crippen LogP contribution in [0.15, 0.2) is 11.6 Å². The molecule has 8 atom stereocenters. The molecule has 0 spiro atoms. The number of fused-ring (bicyclic) bond motifs is 5. The Bertz CT molecular complexity index is 879. The molecule has 0 aromatic rings. The highest BCUT2D eigenvalue weighted by Gasteiger charge is 2.59. The molecule has 3 saturated carbocycles. The molecule has 4 nitrogen and oxygen atoms in total. The molecule has 4 aliphatic rings. The Morgan fingerprint density at radius 3 is 2.39 bits per heavy atom. The lowest BCUT2D eigenvalue weighted by atomic mass is 9.47. The highest BCUT2D eigenvalue weighted by molar-refractivity contribution is 6.17. The summed E-state index contributed by atoms with van der Waals surface area (Å²) in [4.78, 5) is 22.9. The Morgan fingerprint density at radius 2 is 1.76 bits per heavy atom. The van der Waals surface area contributed by atoms with Gasteiger partial charge in [0.2, 0.25) is 0 Å². The topological polar surface area (TPSA) is 63.6 Å². The molecule has 0 saturated heterocycles. The number of carboxylic acids is 1. The van der Waals surface area contributed by atoms with Crippen LogP contribution in [0.2, 0.25) is 0 Å². The van der Waals surface area contributed by atoms with E-state index in [4.69, 9.17) is 21.4 Å². The summed E-state index contributed by atoms with van der Waals surface area (Å²) >= 11 is 5.38. The van der Waals surface area contributed by atoms with Gasteiger partial charge in [-0.25, -0.2) is 0 Å². The van der Waals surface area contributed by atoms with Gasteiger partial charge in [-0.1, -0.05) is 85.3 Å². The molecule has 4 rings (SSSR count). The minimum atomic E-state index is -0.942. The van der Waals surface area contributed by atoms with Crippen molar-refractivity contribution in [3.8, 4) is 0 Å². The average molecular weight is 593 g/mol. The van der Waals surface area contributed by atoms with Gasteiger partial charge in [0.05, 0.1) is 12.8 Å². The normalized spacial score (nSPS) is 34.8. The van der Waals surface area contributed by atoms with E-state index >= 15 is 0 Å². The Morgan fingerprint density at radius 1 is 1.00 bits per heavy atom. The summed E-state index contributed by atoms with van der Waals surface area (Å²) in [6.07, 6.45) is 19.8. The molecule has 0 radical (unpaired) electrons. The van der Waals surface area contributed by atoms with Crippen molar-refractivity contribution >= 4 is 23.5 Å². The molecular weight excluding hydrogens is 532 g/mol. The maximum Gasteiger partial charge on any atom is 0.306 e. The molecule has 0 aromatic heterocycles. The summed E-state index contributed by atoms with van der Waals surface area (Å²) in [7, 11) is 0. The quantitative estimate of drug-likeness (QED) is 0.106. The lowest BCUT2D eigenvalue weighted by Crippen LogP contribution is -2.51. The van der Waals surface area contributed by atoms with Crippen molar-refractivity contribution in [2.45, 2.75) is 150 Å². The van der Waals surface area contributed by atoms with Gasteiger partial charge in [-0.05, 0) is 97.7 Å². The minimum absolute atomic E-state index is 0.0236. The predicted molar refractivity (Wildman–Crippen MR) is 170 cm³/mol. The molecule has 0 heterocycles. The van der Waals surface area contributed by atoms with Crippen LogP contribution in [0.3, 0.4) is 0 Å². The molecule has 4 aliphatic carbocycles. The van der Waals surface area contributed by atoms with Crippen LogP contribution in [-0.2, 0) is 14.3 Å². The first-order valence-corrected chi connectivity index (χ1v) is 17.7. The molecule has 236 valence electrons. The lowest BCUT2D eigenvalue weighted by Gasteiger charge is -2.58. The summed E-state index contributed by atoms with van der Waals surface area (Å²) in [5, 5.41) is 8.84. The number of hydrogen-bond donors (Lipinski definition) is 1. The molecule has 0 aromatic carbocycles. The number of carbonyl (C=O) groups is 2. The van der Waals surface area contributed by atoms with Gasteiger partial charge in [-0.15, -0.1) is 11.6 Å². The number of alkyl halides is 1. The Kier molecular flexibility index (Phi) is 13.1. The number of allylic oxidation sites excluding steroid dienone is 1. The molecule has 1 N–H and O–H groups in total. The maximum atomic E-state index is 12.1. The second-order valence-electron chi connectivity index (χ2n) is 14.9. The van der Waals surface area contributed by atoms with E-state index in [2.05, 4.69) is 47.6 Å². The standard InChI is InChI=1S/C31H50O4.C5H11Cl/c1-20(2)7-6-8-21(3)25-11-12-26-24-10-9-22-19-23(35-29(34)14-13-28(32)33)15-17-30(22,4)27(24)16-18-31(25,26)5;1-2-3-4-5-6/h9,20-21,23-27H,6-8,10-19H2,1-5H3,(H,32,33);2-5H2,1H3/t21?,23-,24-,25+,26-,27-,30-,31+;/m0./s1. The molecule has 5 heteroatoms. The zero-order valence-electron chi connectivity index (χ0n) is 27.2. The SMILES string of the molecule is CC(C)CCCC(C)[C@H]1CC[C@H]2[C@@H]3CC=C4C[C@@H](OC(=O)CCC(=O)O)CC[C@]4(C)[C@H]3CC[C@]12C.CCCCCCl. The second-order valence-corrected chi connectivity index (χ2v) is 15.3. The van der Waals surface area contributed by atoms with Crippen LogP contribution in [-0.4, -0.2) is 29.0 Å². The van der Waals surface area contributed by atoms with Gasteiger partial charge < -0.3 is 9.84 Å². The number of carboxylic acid groups (broad SMARTS) is 1. The van der Waals surface area contributed by atoms with E-state index in [1.165, 1.54) is 76.2 Å². The van der Waals surface area contributed by atoms with Crippen molar-refractivity contribution < 1.29 is 19.4 Å². The predicted octanol–water partition coefficient (Wildman–Crippen LogP) is 10.2. The average Bonchev–Trinajstić information content (AvgIpc) is 3.28. The minimum Gasteiger partial charge on any atom is -0.481 e. The molecule has 0 amide bonds. The van der Waals surface area contributed by atoms with Crippen molar-refractivity contribution in [3.63, 3.8) is 0 Å². The number of ether oxygens (including phenoxy) is 1. The fraction of sp³-hybridized carbons (Fsp3) is 0.889. The molecule has 41 heavy (non-hydrogen) atoms. The smallest absolute Gasteiger partial charge is 0.306 e. The first kappa shape index (κ1) is 34.5.